The molecular weight excluding hydrogens is 312 g/mol. The highest BCUT2D eigenvalue weighted by Crippen LogP contribution is 2.22. The summed E-state index contributed by atoms with van der Waals surface area (Å²) in [4.78, 5) is 11.9. The van der Waals surface area contributed by atoms with Gasteiger partial charge in [-0.15, -0.1) is 0 Å². The number of hydrogen-bond donors (Lipinski definition) is 1. The number of ether oxygens (including phenoxy) is 1. The monoisotopic (exact) mass is 330 g/mol. The van der Waals surface area contributed by atoms with Crippen LogP contribution in [-0.4, -0.2) is 19.2 Å². The molecule has 0 saturated heterocycles. The molecule has 4 nitrogen and oxygen atoms in total. The maximum absolute atomic E-state index is 11.9. The van der Waals surface area contributed by atoms with Crippen molar-refractivity contribution in [1.29, 1.82) is 0 Å². The molecule has 2 aromatic rings. The molecule has 0 aromatic heterocycles. The van der Waals surface area contributed by atoms with Gasteiger partial charge < -0.3 is 4.74 Å². The Kier molecular flexibility index (Phi) is 5.77. The maximum Gasteiger partial charge on any atom is 0.244 e. The van der Waals surface area contributed by atoms with Crippen LogP contribution in [0.25, 0.3) is 0 Å². The molecule has 2 rings (SSSR count). The van der Waals surface area contributed by atoms with Gasteiger partial charge in [0.25, 0.3) is 0 Å². The van der Waals surface area contributed by atoms with E-state index in [1.54, 1.807) is 25.5 Å². The number of nitrogens with zero attached hydrogens (tertiary/aromatic N) is 1. The van der Waals surface area contributed by atoms with Gasteiger partial charge in [0, 0.05) is 5.02 Å². The van der Waals surface area contributed by atoms with Crippen LogP contribution in [0.15, 0.2) is 41.5 Å². The van der Waals surface area contributed by atoms with Crippen molar-refractivity contribution in [2.75, 3.05) is 7.11 Å². The standard InChI is InChI=1S/C18H19ClN2O2/c1-12-13(2)17(23-3)9-6-15(12)11-20-21-18(22)10-14-4-7-16(19)8-5-14/h4-9,11H,10H2,1-3H3,(H,21,22)/b20-11+. The topological polar surface area (TPSA) is 50.7 Å². The Balaban J connectivity index is 1.97. The molecule has 1 N–H and O–H groups in total. The third-order valence-electron chi connectivity index (χ3n) is 3.67. The van der Waals surface area contributed by atoms with Gasteiger partial charge in [0.1, 0.15) is 5.75 Å². The fourth-order valence-electron chi connectivity index (χ4n) is 2.18. The molecule has 0 atom stereocenters. The summed E-state index contributed by atoms with van der Waals surface area (Å²) in [5.74, 6) is 0.665. The zero-order chi connectivity index (χ0) is 16.8. The number of amides is 1. The Morgan fingerprint density at radius 1 is 1.17 bits per heavy atom. The first-order valence-electron chi connectivity index (χ1n) is 7.22. The molecule has 1 amide bonds. The first-order valence-corrected chi connectivity index (χ1v) is 7.59. The molecule has 0 heterocycles. The Morgan fingerprint density at radius 3 is 2.52 bits per heavy atom. The van der Waals surface area contributed by atoms with Crippen LogP contribution >= 0.6 is 11.6 Å². The molecule has 0 aliphatic rings. The van der Waals surface area contributed by atoms with E-state index in [2.05, 4.69) is 10.5 Å². The van der Waals surface area contributed by atoms with Gasteiger partial charge in [-0.2, -0.15) is 5.10 Å². The highest BCUT2D eigenvalue weighted by atomic mass is 35.5. The van der Waals surface area contributed by atoms with E-state index in [0.29, 0.717) is 5.02 Å². The quantitative estimate of drug-likeness (QED) is 0.672. The van der Waals surface area contributed by atoms with Crippen molar-refractivity contribution in [1.82, 2.24) is 5.43 Å². The van der Waals surface area contributed by atoms with E-state index >= 15 is 0 Å². The fourth-order valence-corrected chi connectivity index (χ4v) is 2.30. The molecule has 0 fully saturated rings. The van der Waals surface area contributed by atoms with Crippen molar-refractivity contribution in [3.8, 4) is 5.75 Å². The van der Waals surface area contributed by atoms with Crippen molar-refractivity contribution in [3.05, 3.63) is 63.7 Å². The average Bonchev–Trinajstić information content (AvgIpc) is 2.54. The lowest BCUT2D eigenvalue weighted by molar-refractivity contribution is -0.120. The zero-order valence-electron chi connectivity index (χ0n) is 13.4. The van der Waals surface area contributed by atoms with E-state index in [1.807, 2.05) is 38.1 Å². The Bertz CT molecular complexity index is 725. The molecular formula is C18H19ClN2O2. The summed E-state index contributed by atoms with van der Waals surface area (Å²) in [6.07, 6.45) is 1.90. The van der Waals surface area contributed by atoms with Crippen LogP contribution in [0.4, 0.5) is 0 Å². The van der Waals surface area contributed by atoms with E-state index < -0.39 is 0 Å². The Morgan fingerprint density at radius 2 is 1.87 bits per heavy atom. The summed E-state index contributed by atoms with van der Waals surface area (Å²) in [5.41, 5.74) is 6.49. The van der Waals surface area contributed by atoms with Gasteiger partial charge in [-0.1, -0.05) is 23.7 Å². The minimum atomic E-state index is -0.175. The lowest BCUT2D eigenvalue weighted by Crippen LogP contribution is -2.19. The lowest BCUT2D eigenvalue weighted by Gasteiger charge is -2.09. The first-order chi connectivity index (χ1) is 11.0. The summed E-state index contributed by atoms with van der Waals surface area (Å²) in [7, 11) is 1.65. The molecule has 0 bridgehead atoms. The molecule has 0 aliphatic carbocycles. The summed E-state index contributed by atoms with van der Waals surface area (Å²) in [6.45, 7) is 3.99. The fraction of sp³-hybridized carbons (Fsp3) is 0.222. The third kappa shape index (κ3) is 4.57. The summed E-state index contributed by atoms with van der Waals surface area (Å²) in [6, 6.07) is 11.0. The van der Waals surface area contributed by atoms with Crippen molar-refractivity contribution in [2.45, 2.75) is 20.3 Å². The van der Waals surface area contributed by atoms with Crippen LogP contribution in [0.3, 0.4) is 0 Å². The smallest absolute Gasteiger partial charge is 0.244 e. The predicted octanol–water partition coefficient (Wildman–Crippen LogP) is 3.66. The van der Waals surface area contributed by atoms with E-state index in [4.69, 9.17) is 16.3 Å². The zero-order valence-corrected chi connectivity index (χ0v) is 14.1. The number of hydrazone groups is 1. The van der Waals surface area contributed by atoms with E-state index in [1.165, 1.54) is 0 Å². The molecule has 0 aliphatic heterocycles. The third-order valence-corrected chi connectivity index (χ3v) is 3.92. The van der Waals surface area contributed by atoms with Gasteiger partial charge >= 0.3 is 0 Å². The van der Waals surface area contributed by atoms with Crippen LogP contribution in [0.5, 0.6) is 5.75 Å². The molecule has 2 aromatic carbocycles. The molecule has 120 valence electrons. The molecule has 0 unspecified atom stereocenters. The van der Waals surface area contributed by atoms with Crippen LogP contribution in [-0.2, 0) is 11.2 Å². The van der Waals surface area contributed by atoms with Crippen molar-refractivity contribution < 1.29 is 9.53 Å². The summed E-state index contributed by atoms with van der Waals surface area (Å²) >= 11 is 5.82. The Labute approximate surface area is 141 Å². The second kappa shape index (κ2) is 7.79. The largest absolute Gasteiger partial charge is 0.496 e. The minimum absolute atomic E-state index is 0.175. The normalized spacial score (nSPS) is 10.8. The number of hydrogen-bond acceptors (Lipinski definition) is 3. The van der Waals surface area contributed by atoms with Crippen molar-refractivity contribution in [3.63, 3.8) is 0 Å². The number of carbonyl (C=O) groups is 1. The predicted molar refractivity (Wildman–Crippen MR) is 93.4 cm³/mol. The van der Waals surface area contributed by atoms with Gasteiger partial charge in [-0.3, -0.25) is 4.79 Å². The van der Waals surface area contributed by atoms with E-state index in [-0.39, 0.29) is 12.3 Å². The number of rotatable bonds is 5. The molecule has 0 radical (unpaired) electrons. The highest BCUT2D eigenvalue weighted by Gasteiger charge is 2.05. The average molecular weight is 331 g/mol. The lowest BCUT2D eigenvalue weighted by atomic mass is 10.0. The van der Waals surface area contributed by atoms with Crippen LogP contribution in [0.1, 0.15) is 22.3 Å². The molecule has 0 saturated carbocycles. The van der Waals surface area contributed by atoms with E-state index in [9.17, 15) is 4.79 Å². The highest BCUT2D eigenvalue weighted by molar-refractivity contribution is 6.30. The minimum Gasteiger partial charge on any atom is -0.496 e. The Hall–Kier alpha value is -2.33. The van der Waals surface area contributed by atoms with Gasteiger partial charge in [0.05, 0.1) is 19.7 Å². The second-order valence-corrected chi connectivity index (χ2v) is 5.64. The van der Waals surface area contributed by atoms with Crippen molar-refractivity contribution in [2.24, 2.45) is 5.10 Å². The maximum atomic E-state index is 11.9. The number of methoxy groups -OCH3 is 1. The second-order valence-electron chi connectivity index (χ2n) is 5.20. The number of halogens is 1. The molecule has 0 spiro atoms. The SMILES string of the molecule is COc1ccc(/C=N/NC(=O)Cc2ccc(Cl)cc2)c(C)c1C. The number of carbonyl (C=O) groups excluding carboxylic acids is 1. The van der Waals surface area contributed by atoms with Crippen molar-refractivity contribution >= 4 is 23.7 Å². The van der Waals surface area contributed by atoms with Crippen LogP contribution in [0.2, 0.25) is 5.02 Å². The molecule has 23 heavy (non-hydrogen) atoms. The van der Waals surface area contributed by atoms with Crippen LogP contribution < -0.4 is 10.2 Å². The first kappa shape index (κ1) is 17.0. The van der Waals surface area contributed by atoms with Gasteiger partial charge in [0.15, 0.2) is 0 Å². The van der Waals surface area contributed by atoms with Gasteiger partial charge in [0.2, 0.25) is 5.91 Å². The number of benzene rings is 2. The summed E-state index contributed by atoms with van der Waals surface area (Å²) in [5, 5.41) is 4.67. The summed E-state index contributed by atoms with van der Waals surface area (Å²) < 4.78 is 5.27. The van der Waals surface area contributed by atoms with Gasteiger partial charge in [-0.05, 0) is 60.4 Å². The van der Waals surface area contributed by atoms with E-state index in [0.717, 1.165) is 28.0 Å². The van der Waals surface area contributed by atoms with Gasteiger partial charge in [-0.25, -0.2) is 5.43 Å². The number of nitrogens with one attached hydrogen (secondary N) is 1. The molecule has 5 heteroatoms. The van der Waals surface area contributed by atoms with Crippen LogP contribution in [0, 0.1) is 13.8 Å².